The van der Waals surface area contributed by atoms with Gasteiger partial charge in [0, 0.05) is 23.7 Å². The van der Waals surface area contributed by atoms with E-state index in [1.807, 2.05) is 0 Å². The van der Waals surface area contributed by atoms with E-state index in [0.717, 1.165) is 17.0 Å². The molecule has 3 N–H and O–H groups in total. The van der Waals surface area contributed by atoms with Crippen LogP contribution in [-0.2, 0) is 6.54 Å². The molecular formula is C13H13F4N3S. The maximum Gasteiger partial charge on any atom is 0.390 e. The standard InChI is InChI=1S/C13H13F4N3S/c14-9-3-1-8(2-4-9)11(5-13(15,16)17)19-6-10-7-20-12(18)21-10/h1-4,7,11,19H,5-6H2,(H2,18,20). The molecule has 0 radical (unpaired) electrons. The van der Waals surface area contributed by atoms with E-state index in [1.165, 1.54) is 29.7 Å². The van der Waals surface area contributed by atoms with E-state index in [9.17, 15) is 17.6 Å². The Morgan fingerprint density at radius 3 is 2.43 bits per heavy atom. The Labute approximate surface area is 122 Å². The van der Waals surface area contributed by atoms with Gasteiger partial charge in [0.25, 0.3) is 0 Å². The zero-order valence-corrected chi connectivity index (χ0v) is 11.6. The molecule has 0 aliphatic carbocycles. The van der Waals surface area contributed by atoms with Gasteiger partial charge in [-0.1, -0.05) is 12.1 Å². The number of hydrogen-bond acceptors (Lipinski definition) is 4. The molecule has 1 aromatic heterocycles. The molecule has 3 nitrogen and oxygen atoms in total. The normalized spacial score (nSPS) is 13.3. The van der Waals surface area contributed by atoms with E-state index in [2.05, 4.69) is 10.3 Å². The van der Waals surface area contributed by atoms with Crippen molar-refractivity contribution in [2.75, 3.05) is 5.73 Å². The molecule has 2 rings (SSSR count). The molecule has 1 unspecified atom stereocenters. The zero-order valence-electron chi connectivity index (χ0n) is 10.8. The van der Waals surface area contributed by atoms with E-state index in [1.54, 1.807) is 0 Å². The van der Waals surface area contributed by atoms with E-state index in [-0.39, 0.29) is 6.54 Å². The molecule has 1 aromatic carbocycles. The van der Waals surface area contributed by atoms with Gasteiger partial charge in [0.2, 0.25) is 0 Å². The number of nitrogens with one attached hydrogen (secondary N) is 1. The number of hydrogen-bond donors (Lipinski definition) is 2. The number of alkyl halides is 3. The van der Waals surface area contributed by atoms with Crippen molar-refractivity contribution in [1.82, 2.24) is 10.3 Å². The average molecular weight is 319 g/mol. The lowest BCUT2D eigenvalue weighted by Crippen LogP contribution is -2.26. The first-order chi connectivity index (χ1) is 9.83. The van der Waals surface area contributed by atoms with Gasteiger partial charge in [0.05, 0.1) is 6.42 Å². The van der Waals surface area contributed by atoms with Crippen molar-refractivity contribution in [2.24, 2.45) is 0 Å². The summed E-state index contributed by atoms with van der Waals surface area (Å²) in [6.07, 6.45) is -3.84. The number of nitrogen functional groups attached to an aromatic ring is 1. The Bertz CT molecular complexity index is 580. The number of thiazole rings is 1. The molecule has 0 saturated carbocycles. The Hall–Kier alpha value is -1.67. The van der Waals surface area contributed by atoms with Crippen LogP contribution in [-0.4, -0.2) is 11.2 Å². The number of aromatic nitrogens is 1. The fourth-order valence-electron chi connectivity index (χ4n) is 1.86. The van der Waals surface area contributed by atoms with Crippen LogP contribution >= 0.6 is 11.3 Å². The predicted octanol–water partition coefficient (Wildman–Crippen LogP) is 3.65. The van der Waals surface area contributed by atoms with Gasteiger partial charge in [0.1, 0.15) is 5.82 Å². The molecule has 114 valence electrons. The topological polar surface area (TPSA) is 50.9 Å². The summed E-state index contributed by atoms with van der Waals surface area (Å²) in [6.45, 7) is 0.215. The molecule has 1 heterocycles. The van der Waals surface area contributed by atoms with Gasteiger partial charge in [-0.05, 0) is 17.7 Å². The second-order valence-electron chi connectivity index (χ2n) is 4.47. The minimum Gasteiger partial charge on any atom is -0.375 e. The SMILES string of the molecule is Nc1ncc(CNC(CC(F)(F)F)c2ccc(F)cc2)s1. The fourth-order valence-corrected chi connectivity index (χ4v) is 2.50. The lowest BCUT2D eigenvalue weighted by atomic mass is 10.0. The second kappa shape index (κ2) is 6.40. The third kappa shape index (κ3) is 4.98. The van der Waals surface area contributed by atoms with Crippen LogP contribution < -0.4 is 11.1 Å². The van der Waals surface area contributed by atoms with Crippen LogP contribution in [0.4, 0.5) is 22.7 Å². The first-order valence-corrected chi connectivity index (χ1v) is 6.91. The molecule has 0 aliphatic heterocycles. The van der Waals surface area contributed by atoms with Crippen molar-refractivity contribution in [1.29, 1.82) is 0 Å². The highest BCUT2D eigenvalue weighted by molar-refractivity contribution is 7.15. The Balaban J connectivity index is 2.10. The molecule has 21 heavy (non-hydrogen) atoms. The Kier molecular flexibility index (Phi) is 4.79. The molecule has 1 atom stereocenters. The first-order valence-electron chi connectivity index (χ1n) is 6.09. The minimum atomic E-state index is -4.32. The Morgan fingerprint density at radius 2 is 1.90 bits per heavy atom. The van der Waals surface area contributed by atoms with E-state index < -0.39 is 24.5 Å². The number of halogens is 4. The average Bonchev–Trinajstić information content (AvgIpc) is 2.80. The summed E-state index contributed by atoms with van der Waals surface area (Å²) in [5.74, 6) is -0.486. The summed E-state index contributed by atoms with van der Waals surface area (Å²) < 4.78 is 50.8. The van der Waals surface area contributed by atoms with Crippen molar-refractivity contribution in [3.8, 4) is 0 Å². The summed E-state index contributed by atoms with van der Waals surface area (Å²) in [7, 11) is 0. The van der Waals surface area contributed by atoms with Gasteiger partial charge in [-0.2, -0.15) is 13.2 Å². The van der Waals surface area contributed by atoms with Crippen LogP contribution in [0.1, 0.15) is 22.9 Å². The molecule has 0 bridgehead atoms. The van der Waals surface area contributed by atoms with Crippen LogP contribution in [0.3, 0.4) is 0 Å². The summed E-state index contributed by atoms with van der Waals surface area (Å²) >= 11 is 1.21. The molecule has 0 amide bonds. The molecule has 8 heteroatoms. The molecular weight excluding hydrogens is 306 g/mol. The quantitative estimate of drug-likeness (QED) is 0.827. The maximum atomic E-state index is 12.9. The number of rotatable bonds is 5. The fraction of sp³-hybridized carbons (Fsp3) is 0.308. The second-order valence-corrected chi connectivity index (χ2v) is 5.62. The van der Waals surface area contributed by atoms with Crippen molar-refractivity contribution in [3.63, 3.8) is 0 Å². The molecule has 0 saturated heterocycles. The summed E-state index contributed by atoms with van der Waals surface area (Å²) in [6, 6.07) is 4.03. The van der Waals surface area contributed by atoms with Crippen molar-refractivity contribution in [2.45, 2.75) is 25.2 Å². The van der Waals surface area contributed by atoms with E-state index >= 15 is 0 Å². The predicted molar refractivity (Wildman–Crippen MR) is 73.2 cm³/mol. The molecule has 0 spiro atoms. The number of benzene rings is 1. The zero-order chi connectivity index (χ0) is 15.5. The largest absolute Gasteiger partial charge is 0.390 e. The van der Waals surface area contributed by atoms with Gasteiger partial charge in [-0.25, -0.2) is 9.37 Å². The molecule has 0 fully saturated rings. The van der Waals surface area contributed by atoms with Crippen LogP contribution in [0.15, 0.2) is 30.5 Å². The number of nitrogens with two attached hydrogens (primary N) is 1. The van der Waals surface area contributed by atoms with Crippen LogP contribution in [0.25, 0.3) is 0 Å². The highest BCUT2D eigenvalue weighted by Crippen LogP contribution is 2.30. The summed E-state index contributed by atoms with van der Waals surface area (Å²) in [4.78, 5) is 4.58. The third-order valence-corrected chi connectivity index (χ3v) is 3.63. The maximum absolute atomic E-state index is 12.9. The van der Waals surface area contributed by atoms with Gasteiger partial charge in [-0.15, -0.1) is 11.3 Å². The van der Waals surface area contributed by atoms with Crippen LogP contribution in [0, 0.1) is 5.82 Å². The van der Waals surface area contributed by atoms with E-state index in [4.69, 9.17) is 5.73 Å². The van der Waals surface area contributed by atoms with Gasteiger partial charge in [-0.3, -0.25) is 0 Å². The van der Waals surface area contributed by atoms with Crippen LogP contribution in [0.5, 0.6) is 0 Å². The summed E-state index contributed by atoms with van der Waals surface area (Å²) in [5.41, 5.74) is 5.85. The van der Waals surface area contributed by atoms with Gasteiger partial charge < -0.3 is 11.1 Å². The van der Waals surface area contributed by atoms with Gasteiger partial charge >= 0.3 is 6.18 Å². The first kappa shape index (κ1) is 15.7. The smallest absolute Gasteiger partial charge is 0.375 e. The monoisotopic (exact) mass is 319 g/mol. The number of nitrogens with zero attached hydrogens (tertiary/aromatic N) is 1. The lowest BCUT2D eigenvalue weighted by Gasteiger charge is -2.20. The third-order valence-electron chi connectivity index (χ3n) is 2.80. The highest BCUT2D eigenvalue weighted by Gasteiger charge is 2.32. The minimum absolute atomic E-state index is 0.215. The van der Waals surface area contributed by atoms with E-state index in [0.29, 0.717) is 10.7 Å². The lowest BCUT2D eigenvalue weighted by molar-refractivity contribution is -0.140. The van der Waals surface area contributed by atoms with Crippen molar-refractivity contribution < 1.29 is 17.6 Å². The summed E-state index contributed by atoms with van der Waals surface area (Å²) in [5, 5.41) is 3.18. The highest BCUT2D eigenvalue weighted by atomic mass is 32.1. The van der Waals surface area contributed by atoms with Gasteiger partial charge in [0.15, 0.2) is 5.13 Å². The van der Waals surface area contributed by atoms with Crippen LogP contribution in [0.2, 0.25) is 0 Å². The Morgan fingerprint density at radius 1 is 1.24 bits per heavy atom. The van der Waals surface area contributed by atoms with Crippen molar-refractivity contribution >= 4 is 16.5 Å². The number of anilines is 1. The molecule has 2 aromatic rings. The molecule has 0 aliphatic rings. The van der Waals surface area contributed by atoms with Crippen molar-refractivity contribution in [3.05, 3.63) is 46.7 Å².